The molecule has 1 heterocycles. The van der Waals surface area contributed by atoms with Crippen LogP contribution in [-0.4, -0.2) is 4.57 Å². The largest absolute Gasteiger partial charge is 0.315 e. The van der Waals surface area contributed by atoms with Crippen LogP contribution in [0.25, 0.3) is 0 Å². The van der Waals surface area contributed by atoms with Crippen molar-refractivity contribution in [3.63, 3.8) is 0 Å². The van der Waals surface area contributed by atoms with Gasteiger partial charge in [0.25, 0.3) is 5.56 Å². The smallest absolute Gasteiger partial charge is 0.250 e. The van der Waals surface area contributed by atoms with Gasteiger partial charge in [0.2, 0.25) is 0 Å². The Balaban J connectivity index is 3.28. The minimum atomic E-state index is 0.0929. The predicted octanol–water partition coefficient (Wildman–Crippen LogP) is 2.21. The van der Waals surface area contributed by atoms with E-state index in [1.165, 1.54) is 0 Å². The summed E-state index contributed by atoms with van der Waals surface area (Å²) >= 11 is 0. The summed E-state index contributed by atoms with van der Waals surface area (Å²) < 4.78 is 1.74. The van der Waals surface area contributed by atoms with Crippen LogP contribution in [0.3, 0.4) is 0 Å². The van der Waals surface area contributed by atoms with Crippen LogP contribution in [0.2, 0.25) is 0 Å². The Morgan fingerprint density at radius 1 is 1.46 bits per heavy atom. The average molecular weight is 179 g/mol. The molecule has 72 valence electrons. The topological polar surface area (TPSA) is 22.0 Å². The van der Waals surface area contributed by atoms with E-state index in [2.05, 4.69) is 19.9 Å². The molecule has 1 rings (SSSR count). The third-order valence-electron chi connectivity index (χ3n) is 2.56. The molecule has 1 atom stereocenters. The first kappa shape index (κ1) is 10.0. The molecule has 0 aliphatic carbocycles. The van der Waals surface area contributed by atoms with E-state index in [0.717, 1.165) is 17.7 Å². The van der Waals surface area contributed by atoms with E-state index in [1.54, 1.807) is 10.6 Å². The molecule has 0 spiro atoms. The van der Waals surface area contributed by atoms with Gasteiger partial charge in [0.1, 0.15) is 0 Å². The fourth-order valence-electron chi connectivity index (χ4n) is 1.47. The maximum Gasteiger partial charge on any atom is 0.250 e. The fraction of sp³-hybridized carbons (Fsp3) is 0.545. The molecule has 0 aliphatic rings. The highest BCUT2D eigenvalue weighted by molar-refractivity contribution is 5.18. The second-order valence-electron chi connectivity index (χ2n) is 3.66. The fourth-order valence-corrected chi connectivity index (χ4v) is 1.47. The summed E-state index contributed by atoms with van der Waals surface area (Å²) in [6.45, 7) is 6.25. The Hall–Kier alpha value is -1.05. The lowest BCUT2D eigenvalue weighted by molar-refractivity contribution is 0.644. The zero-order valence-electron chi connectivity index (χ0n) is 8.79. The minimum absolute atomic E-state index is 0.0929. The van der Waals surface area contributed by atoms with Crippen molar-refractivity contribution < 1.29 is 0 Å². The van der Waals surface area contributed by atoms with Gasteiger partial charge in [0.05, 0.1) is 0 Å². The van der Waals surface area contributed by atoms with Crippen molar-refractivity contribution in [2.75, 3.05) is 0 Å². The van der Waals surface area contributed by atoms with Gasteiger partial charge in [-0.3, -0.25) is 4.79 Å². The van der Waals surface area contributed by atoms with Crippen LogP contribution in [0, 0.1) is 6.92 Å². The van der Waals surface area contributed by atoms with E-state index in [1.807, 2.05) is 14.0 Å². The molecule has 0 N–H and O–H groups in total. The van der Waals surface area contributed by atoms with Crippen LogP contribution in [-0.2, 0) is 7.05 Å². The standard InChI is InChI=1S/C11H17NO/c1-5-9(3)10-6-8(2)7-11(13)12(10)4/h6-7,9H,5H2,1-4H3. The third kappa shape index (κ3) is 2.00. The van der Waals surface area contributed by atoms with Crippen LogP contribution in [0.4, 0.5) is 0 Å². The molecule has 1 unspecified atom stereocenters. The zero-order chi connectivity index (χ0) is 10.0. The first-order valence-electron chi connectivity index (χ1n) is 4.73. The van der Waals surface area contributed by atoms with Gasteiger partial charge in [0, 0.05) is 18.8 Å². The number of pyridine rings is 1. The minimum Gasteiger partial charge on any atom is -0.315 e. The van der Waals surface area contributed by atoms with Gasteiger partial charge in [-0.1, -0.05) is 13.8 Å². The zero-order valence-corrected chi connectivity index (χ0v) is 8.79. The summed E-state index contributed by atoms with van der Waals surface area (Å²) in [4.78, 5) is 11.4. The average Bonchev–Trinajstić information content (AvgIpc) is 2.10. The number of hydrogen-bond acceptors (Lipinski definition) is 1. The van der Waals surface area contributed by atoms with Crippen LogP contribution in [0.15, 0.2) is 16.9 Å². The number of aryl methyl sites for hydroxylation is 1. The number of rotatable bonds is 2. The molecule has 13 heavy (non-hydrogen) atoms. The second kappa shape index (κ2) is 3.77. The van der Waals surface area contributed by atoms with Gasteiger partial charge in [-0.2, -0.15) is 0 Å². The lowest BCUT2D eigenvalue weighted by Crippen LogP contribution is -2.21. The van der Waals surface area contributed by atoms with Crippen molar-refractivity contribution in [2.24, 2.45) is 7.05 Å². The lowest BCUT2D eigenvalue weighted by atomic mass is 10.0. The summed E-state index contributed by atoms with van der Waals surface area (Å²) in [6.07, 6.45) is 1.07. The number of hydrogen-bond donors (Lipinski definition) is 0. The Morgan fingerprint density at radius 2 is 2.08 bits per heavy atom. The van der Waals surface area contributed by atoms with Crippen molar-refractivity contribution in [3.05, 3.63) is 33.7 Å². The summed E-state index contributed by atoms with van der Waals surface area (Å²) in [7, 11) is 1.84. The normalized spacial score (nSPS) is 12.9. The van der Waals surface area contributed by atoms with Gasteiger partial charge in [0.15, 0.2) is 0 Å². The van der Waals surface area contributed by atoms with Crippen LogP contribution in [0.5, 0.6) is 0 Å². The Labute approximate surface area is 79.2 Å². The third-order valence-corrected chi connectivity index (χ3v) is 2.56. The highest BCUT2D eigenvalue weighted by Gasteiger charge is 2.07. The SMILES string of the molecule is CCC(C)c1cc(C)cc(=O)n1C. The van der Waals surface area contributed by atoms with Crippen LogP contribution < -0.4 is 5.56 Å². The molecule has 0 bridgehead atoms. The number of aromatic nitrogens is 1. The number of nitrogens with zero attached hydrogens (tertiary/aromatic N) is 1. The van der Waals surface area contributed by atoms with Gasteiger partial charge >= 0.3 is 0 Å². The van der Waals surface area contributed by atoms with Crippen molar-refractivity contribution in [1.29, 1.82) is 0 Å². The van der Waals surface area contributed by atoms with Crippen LogP contribution in [0.1, 0.15) is 37.4 Å². The molecule has 2 heteroatoms. The lowest BCUT2D eigenvalue weighted by Gasteiger charge is -2.14. The maximum atomic E-state index is 11.4. The molecule has 0 amide bonds. The molecular weight excluding hydrogens is 162 g/mol. The van der Waals surface area contributed by atoms with E-state index in [9.17, 15) is 4.79 Å². The summed E-state index contributed by atoms with van der Waals surface area (Å²) in [5, 5.41) is 0. The summed E-state index contributed by atoms with van der Waals surface area (Å²) in [5.41, 5.74) is 2.28. The van der Waals surface area contributed by atoms with Gasteiger partial charge in [-0.25, -0.2) is 0 Å². The highest BCUT2D eigenvalue weighted by atomic mass is 16.1. The van der Waals surface area contributed by atoms with Crippen molar-refractivity contribution >= 4 is 0 Å². The first-order chi connectivity index (χ1) is 6.06. The first-order valence-corrected chi connectivity index (χ1v) is 4.73. The van der Waals surface area contributed by atoms with Gasteiger partial charge < -0.3 is 4.57 Å². The van der Waals surface area contributed by atoms with Crippen molar-refractivity contribution in [2.45, 2.75) is 33.1 Å². The molecule has 0 fully saturated rings. The van der Waals surface area contributed by atoms with E-state index >= 15 is 0 Å². The van der Waals surface area contributed by atoms with Gasteiger partial charge in [-0.05, 0) is 30.9 Å². The Bertz CT molecular complexity index is 352. The Morgan fingerprint density at radius 3 is 2.62 bits per heavy atom. The molecule has 0 radical (unpaired) electrons. The van der Waals surface area contributed by atoms with Crippen molar-refractivity contribution in [1.82, 2.24) is 4.57 Å². The van der Waals surface area contributed by atoms with E-state index in [0.29, 0.717) is 5.92 Å². The van der Waals surface area contributed by atoms with Crippen molar-refractivity contribution in [3.8, 4) is 0 Å². The maximum absolute atomic E-state index is 11.4. The van der Waals surface area contributed by atoms with E-state index < -0.39 is 0 Å². The molecule has 0 aliphatic heterocycles. The van der Waals surface area contributed by atoms with Gasteiger partial charge in [-0.15, -0.1) is 0 Å². The molecule has 1 aromatic rings. The van der Waals surface area contributed by atoms with E-state index in [-0.39, 0.29) is 5.56 Å². The molecule has 0 saturated heterocycles. The second-order valence-corrected chi connectivity index (χ2v) is 3.66. The Kier molecular flexibility index (Phi) is 2.91. The van der Waals surface area contributed by atoms with Crippen LogP contribution >= 0.6 is 0 Å². The molecule has 0 saturated carbocycles. The molecular formula is C11H17NO. The molecule has 0 aromatic carbocycles. The predicted molar refractivity (Wildman–Crippen MR) is 55.1 cm³/mol. The monoisotopic (exact) mass is 179 g/mol. The van der Waals surface area contributed by atoms with E-state index in [4.69, 9.17) is 0 Å². The molecule has 2 nitrogen and oxygen atoms in total. The summed E-state index contributed by atoms with van der Waals surface area (Å²) in [6, 6.07) is 3.77. The quantitative estimate of drug-likeness (QED) is 0.682. The summed E-state index contributed by atoms with van der Waals surface area (Å²) in [5.74, 6) is 0.456. The molecule has 1 aromatic heterocycles. The highest BCUT2D eigenvalue weighted by Crippen LogP contribution is 2.16.